The lowest BCUT2D eigenvalue weighted by Crippen LogP contribution is -2.46. The van der Waals surface area contributed by atoms with Crippen LogP contribution < -0.4 is 0 Å². The van der Waals surface area contributed by atoms with E-state index in [1.807, 2.05) is 16.8 Å². The van der Waals surface area contributed by atoms with Crippen LogP contribution in [-0.4, -0.2) is 44.2 Å². The first kappa shape index (κ1) is 19.9. The SMILES string of the molecule is CCCCCCN1CC(O)C(n2cc(C3CC3)nn2)CC1c1ccc(Cl)cc1. The molecule has 1 aliphatic carbocycles. The fraction of sp³-hybridized carbons (Fsp3) is 0.636. The average Bonchev–Trinajstić information content (AvgIpc) is 3.44. The van der Waals surface area contributed by atoms with Gasteiger partial charge in [-0.15, -0.1) is 5.10 Å². The lowest BCUT2D eigenvalue weighted by atomic mass is 9.89. The van der Waals surface area contributed by atoms with Crippen LogP contribution in [0.25, 0.3) is 0 Å². The summed E-state index contributed by atoms with van der Waals surface area (Å²) in [4.78, 5) is 2.44. The van der Waals surface area contributed by atoms with Crippen molar-refractivity contribution in [2.24, 2.45) is 0 Å². The fourth-order valence-corrected chi connectivity index (χ4v) is 4.47. The number of rotatable bonds is 8. The summed E-state index contributed by atoms with van der Waals surface area (Å²) in [5.41, 5.74) is 2.34. The smallest absolute Gasteiger partial charge is 0.0892 e. The van der Waals surface area contributed by atoms with Crippen molar-refractivity contribution in [3.05, 3.63) is 46.7 Å². The van der Waals surface area contributed by atoms with Gasteiger partial charge in [0, 0.05) is 29.7 Å². The molecular formula is C22H31ClN4O. The van der Waals surface area contributed by atoms with Crippen molar-refractivity contribution >= 4 is 11.6 Å². The Hall–Kier alpha value is -1.43. The number of halogens is 1. The van der Waals surface area contributed by atoms with Crippen molar-refractivity contribution < 1.29 is 5.11 Å². The molecule has 0 radical (unpaired) electrons. The van der Waals surface area contributed by atoms with E-state index in [9.17, 15) is 5.11 Å². The Morgan fingerprint density at radius 1 is 1.14 bits per heavy atom. The molecule has 0 bridgehead atoms. The molecule has 3 atom stereocenters. The number of β-amino-alcohol motifs (C(OH)–C–C–N with tert-alkyl or cyclic N) is 1. The highest BCUT2D eigenvalue weighted by Gasteiger charge is 2.37. The van der Waals surface area contributed by atoms with E-state index >= 15 is 0 Å². The second-order valence-corrected chi connectivity index (χ2v) is 8.83. The third-order valence-electron chi connectivity index (χ3n) is 6.19. The molecule has 1 aromatic heterocycles. The molecule has 2 aliphatic rings. The number of aliphatic hydroxyl groups excluding tert-OH is 1. The van der Waals surface area contributed by atoms with Crippen LogP contribution in [0.5, 0.6) is 0 Å². The van der Waals surface area contributed by atoms with Gasteiger partial charge < -0.3 is 5.11 Å². The second kappa shape index (κ2) is 8.93. The number of nitrogens with zero attached hydrogens (tertiary/aromatic N) is 4. The fourth-order valence-electron chi connectivity index (χ4n) is 4.35. The predicted octanol–water partition coefficient (Wildman–Crippen LogP) is 4.74. The first-order valence-electron chi connectivity index (χ1n) is 10.7. The van der Waals surface area contributed by atoms with Gasteiger partial charge >= 0.3 is 0 Å². The highest BCUT2D eigenvalue weighted by molar-refractivity contribution is 6.30. The number of piperidine rings is 1. The van der Waals surface area contributed by atoms with Crippen LogP contribution >= 0.6 is 11.6 Å². The number of hydrogen-bond donors (Lipinski definition) is 1. The molecule has 0 spiro atoms. The van der Waals surface area contributed by atoms with Gasteiger partial charge in [-0.3, -0.25) is 4.90 Å². The molecule has 6 heteroatoms. The minimum atomic E-state index is -0.427. The van der Waals surface area contributed by atoms with Gasteiger partial charge in [-0.25, -0.2) is 4.68 Å². The van der Waals surface area contributed by atoms with Crippen LogP contribution in [0.4, 0.5) is 0 Å². The minimum Gasteiger partial charge on any atom is -0.390 e. The van der Waals surface area contributed by atoms with Gasteiger partial charge in [0.1, 0.15) is 0 Å². The monoisotopic (exact) mass is 402 g/mol. The van der Waals surface area contributed by atoms with E-state index in [2.05, 4.69) is 40.5 Å². The highest BCUT2D eigenvalue weighted by atomic mass is 35.5. The maximum Gasteiger partial charge on any atom is 0.0892 e. The van der Waals surface area contributed by atoms with E-state index in [1.54, 1.807) is 0 Å². The molecule has 2 fully saturated rings. The van der Waals surface area contributed by atoms with Gasteiger partial charge in [0.25, 0.3) is 0 Å². The summed E-state index contributed by atoms with van der Waals surface area (Å²) in [5, 5.41) is 20.4. The van der Waals surface area contributed by atoms with Crippen LogP contribution in [0, 0.1) is 0 Å². The van der Waals surface area contributed by atoms with Crippen molar-refractivity contribution in [3.63, 3.8) is 0 Å². The highest BCUT2D eigenvalue weighted by Crippen LogP contribution is 2.41. The molecule has 0 amide bonds. The maximum absolute atomic E-state index is 10.9. The molecule has 1 N–H and O–H groups in total. The molecule has 5 nitrogen and oxygen atoms in total. The molecule has 3 unspecified atom stereocenters. The van der Waals surface area contributed by atoms with Crippen LogP contribution in [0.1, 0.15) is 81.1 Å². The minimum absolute atomic E-state index is 0.0347. The molecular weight excluding hydrogens is 372 g/mol. The Kier molecular flexibility index (Phi) is 6.34. The average molecular weight is 403 g/mol. The molecule has 2 heterocycles. The molecule has 4 rings (SSSR count). The zero-order valence-electron chi connectivity index (χ0n) is 16.7. The van der Waals surface area contributed by atoms with Gasteiger partial charge in [-0.05, 0) is 49.9 Å². The second-order valence-electron chi connectivity index (χ2n) is 8.39. The third kappa shape index (κ3) is 4.58. The van der Waals surface area contributed by atoms with Gasteiger partial charge in [-0.2, -0.15) is 0 Å². The Labute approximate surface area is 172 Å². The largest absolute Gasteiger partial charge is 0.390 e. The Balaban J connectivity index is 1.52. The van der Waals surface area contributed by atoms with E-state index in [-0.39, 0.29) is 12.1 Å². The standard InChI is InChI=1S/C22H31ClN4O/c1-2-3-4-5-12-26-15-22(28)21(27-14-19(24-25-27)16-6-7-16)13-20(26)17-8-10-18(23)11-9-17/h8-11,14,16,20-22,28H,2-7,12-13,15H2,1H3. The summed E-state index contributed by atoms with van der Waals surface area (Å²) >= 11 is 6.12. The summed E-state index contributed by atoms with van der Waals surface area (Å²) in [6.45, 7) is 3.92. The Morgan fingerprint density at radius 3 is 2.64 bits per heavy atom. The van der Waals surface area contributed by atoms with Gasteiger partial charge in [0.2, 0.25) is 0 Å². The third-order valence-corrected chi connectivity index (χ3v) is 6.44. The van der Waals surface area contributed by atoms with Gasteiger partial charge in [0.15, 0.2) is 0 Å². The molecule has 1 saturated heterocycles. The van der Waals surface area contributed by atoms with Crippen LogP contribution in [0.2, 0.25) is 5.02 Å². The van der Waals surface area contributed by atoms with Crippen LogP contribution in [0.15, 0.2) is 30.5 Å². The first-order valence-corrected chi connectivity index (χ1v) is 11.1. The summed E-state index contributed by atoms with van der Waals surface area (Å²) in [6, 6.07) is 8.41. The summed E-state index contributed by atoms with van der Waals surface area (Å²) in [6.07, 6.45) is 9.82. The number of hydrogen-bond acceptors (Lipinski definition) is 4. The van der Waals surface area contributed by atoms with Crippen molar-refractivity contribution in [2.75, 3.05) is 13.1 Å². The zero-order valence-corrected chi connectivity index (χ0v) is 17.4. The van der Waals surface area contributed by atoms with Crippen LogP contribution in [0.3, 0.4) is 0 Å². The zero-order chi connectivity index (χ0) is 19.5. The molecule has 28 heavy (non-hydrogen) atoms. The van der Waals surface area contributed by atoms with E-state index in [0.717, 1.165) is 23.7 Å². The number of benzene rings is 1. The Bertz CT molecular complexity index is 758. The number of unbranched alkanes of at least 4 members (excludes halogenated alkanes) is 3. The normalized spacial score (nSPS) is 25.9. The van der Waals surface area contributed by atoms with E-state index < -0.39 is 6.10 Å². The summed E-state index contributed by atoms with van der Waals surface area (Å²) in [5.74, 6) is 0.580. The van der Waals surface area contributed by atoms with Gasteiger partial charge in [-0.1, -0.05) is 55.1 Å². The maximum atomic E-state index is 10.9. The van der Waals surface area contributed by atoms with Gasteiger partial charge in [0.05, 0.1) is 17.8 Å². The molecule has 152 valence electrons. The van der Waals surface area contributed by atoms with Crippen LogP contribution in [-0.2, 0) is 0 Å². The molecule has 1 aliphatic heterocycles. The lowest BCUT2D eigenvalue weighted by molar-refractivity contribution is -0.0102. The first-order chi connectivity index (χ1) is 13.7. The number of aromatic nitrogens is 3. The predicted molar refractivity (Wildman–Crippen MR) is 112 cm³/mol. The van der Waals surface area contributed by atoms with E-state index in [1.165, 1.54) is 44.1 Å². The number of aliphatic hydroxyl groups is 1. The van der Waals surface area contributed by atoms with Crippen molar-refractivity contribution in [1.29, 1.82) is 0 Å². The Morgan fingerprint density at radius 2 is 1.93 bits per heavy atom. The van der Waals surface area contributed by atoms with E-state index in [4.69, 9.17) is 11.6 Å². The summed E-state index contributed by atoms with van der Waals surface area (Å²) < 4.78 is 1.91. The molecule has 1 aromatic carbocycles. The molecule has 2 aromatic rings. The van der Waals surface area contributed by atoms with Crippen molar-refractivity contribution in [1.82, 2.24) is 19.9 Å². The van der Waals surface area contributed by atoms with Crippen molar-refractivity contribution in [2.45, 2.75) is 76.0 Å². The molecule has 1 saturated carbocycles. The lowest BCUT2D eigenvalue weighted by Gasteiger charge is -2.42. The van der Waals surface area contributed by atoms with E-state index in [0.29, 0.717) is 12.5 Å². The summed E-state index contributed by atoms with van der Waals surface area (Å²) in [7, 11) is 0. The quantitative estimate of drug-likeness (QED) is 0.648. The number of likely N-dealkylation sites (tertiary alicyclic amines) is 1. The topological polar surface area (TPSA) is 54.2 Å². The van der Waals surface area contributed by atoms with Crippen molar-refractivity contribution in [3.8, 4) is 0 Å².